The van der Waals surface area contributed by atoms with Crippen molar-refractivity contribution < 1.29 is 13.4 Å². The van der Waals surface area contributed by atoms with E-state index in [0.717, 1.165) is 30.5 Å². The van der Waals surface area contributed by atoms with Gasteiger partial charge in [-0.15, -0.1) is 0 Å². The molecule has 0 saturated heterocycles. The van der Waals surface area contributed by atoms with Crippen LogP contribution in [0.3, 0.4) is 0 Å². The molecule has 0 amide bonds. The van der Waals surface area contributed by atoms with Gasteiger partial charge >= 0.3 is 0 Å². The highest BCUT2D eigenvalue weighted by Crippen LogP contribution is 2.53. The predicted molar refractivity (Wildman–Crippen MR) is 99.0 cm³/mol. The van der Waals surface area contributed by atoms with Crippen LogP contribution in [0.25, 0.3) is 0 Å². The van der Waals surface area contributed by atoms with E-state index in [0.29, 0.717) is 16.2 Å². The number of thioether (sulfide) groups is 1. The summed E-state index contributed by atoms with van der Waals surface area (Å²) in [5.41, 5.74) is 7.07. The average Bonchev–Trinajstić information content (AvgIpc) is 2.87. The Morgan fingerprint density at radius 1 is 1.12 bits per heavy atom. The highest BCUT2D eigenvalue weighted by Gasteiger charge is 2.55. The largest absolute Gasteiger partial charge is 0.330 e. The molecule has 1 atom stereocenters. The molecule has 2 aromatic rings. The van der Waals surface area contributed by atoms with Gasteiger partial charge in [0.1, 0.15) is 11.6 Å². The summed E-state index contributed by atoms with van der Waals surface area (Å²) >= 11 is 1.49. The topological polar surface area (TPSA) is 38.4 Å². The van der Waals surface area contributed by atoms with E-state index in [4.69, 9.17) is 10.8 Å². The first kappa shape index (κ1) is 18.0. The summed E-state index contributed by atoms with van der Waals surface area (Å²) in [7, 11) is 3.97. The Balaban J connectivity index is 2.09. The van der Waals surface area contributed by atoms with Crippen molar-refractivity contribution in [1.82, 2.24) is 0 Å². The maximum Gasteiger partial charge on any atom is 0.201 e. The van der Waals surface area contributed by atoms with Crippen LogP contribution in [0.4, 0.5) is 8.78 Å². The zero-order valence-corrected chi connectivity index (χ0v) is 15.2. The van der Waals surface area contributed by atoms with Gasteiger partial charge in [-0.3, -0.25) is 0 Å². The Kier molecular flexibility index (Phi) is 4.95. The number of benzene rings is 2. The van der Waals surface area contributed by atoms with E-state index < -0.39 is 16.5 Å². The van der Waals surface area contributed by atoms with Crippen LogP contribution in [0.2, 0.25) is 0 Å². The van der Waals surface area contributed by atoms with E-state index in [2.05, 4.69) is 12.1 Å². The molecule has 3 nitrogen and oxygen atoms in total. The van der Waals surface area contributed by atoms with E-state index >= 15 is 0 Å². The zero-order valence-electron chi connectivity index (χ0n) is 14.4. The molecule has 0 fully saturated rings. The highest BCUT2D eigenvalue weighted by molar-refractivity contribution is 8.15. The van der Waals surface area contributed by atoms with Gasteiger partial charge in [0.25, 0.3) is 0 Å². The van der Waals surface area contributed by atoms with Crippen LogP contribution in [0, 0.1) is 11.6 Å². The molecule has 1 heterocycles. The summed E-state index contributed by atoms with van der Waals surface area (Å²) in [5.74, 6) is -0.931. The molecule has 0 spiro atoms. The fourth-order valence-corrected chi connectivity index (χ4v) is 4.85. The second-order valence-electron chi connectivity index (χ2n) is 6.57. The van der Waals surface area contributed by atoms with Crippen molar-refractivity contribution in [1.29, 1.82) is 0 Å². The Hall–Kier alpha value is -1.76. The fourth-order valence-electron chi connectivity index (χ4n) is 3.25. The lowest BCUT2D eigenvalue weighted by molar-refractivity contribution is -0.936. The van der Waals surface area contributed by atoms with Gasteiger partial charge in [-0.25, -0.2) is 8.78 Å². The van der Waals surface area contributed by atoms with Gasteiger partial charge in [0.05, 0.1) is 19.7 Å². The number of nitrogens with zero attached hydrogens (tertiary/aromatic N) is 2. The van der Waals surface area contributed by atoms with Crippen molar-refractivity contribution in [2.75, 3.05) is 20.6 Å². The zero-order chi connectivity index (χ0) is 18.1. The van der Waals surface area contributed by atoms with E-state index in [1.165, 1.54) is 17.8 Å². The maximum absolute atomic E-state index is 14.3. The van der Waals surface area contributed by atoms with Crippen LogP contribution in [0.5, 0.6) is 0 Å². The van der Waals surface area contributed by atoms with Crippen molar-refractivity contribution in [3.8, 4) is 0 Å². The Morgan fingerprint density at radius 2 is 1.84 bits per heavy atom. The van der Waals surface area contributed by atoms with Crippen molar-refractivity contribution in [2.24, 2.45) is 10.8 Å². The summed E-state index contributed by atoms with van der Waals surface area (Å²) in [6.07, 6.45) is 1.60. The molecule has 25 heavy (non-hydrogen) atoms. The standard InChI is InChI=1S/C19H22F2N3S/c1-24(2)19(11-6-12-22,14-7-4-3-5-8-14)25-18(23-24)16-13-15(20)9-10-17(16)21/h3-5,7-10,13H,6,11-12,22H2,1-2H3/q+1. The van der Waals surface area contributed by atoms with E-state index in [1.54, 1.807) is 0 Å². The third kappa shape index (κ3) is 3.21. The van der Waals surface area contributed by atoms with Crippen molar-refractivity contribution in [3.63, 3.8) is 0 Å². The molecular formula is C19H22F2N3S+. The van der Waals surface area contributed by atoms with Gasteiger partial charge in [-0.2, -0.15) is 4.59 Å². The first-order valence-corrected chi connectivity index (χ1v) is 9.05. The lowest BCUT2D eigenvalue weighted by Gasteiger charge is -2.38. The van der Waals surface area contributed by atoms with E-state index in [-0.39, 0.29) is 5.56 Å². The molecule has 2 aromatic carbocycles. The molecule has 0 aliphatic carbocycles. The van der Waals surface area contributed by atoms with Crippen molar-refractivity contribution in [3.05, 3.63) is 71.3 Å². The first-order chi connectivity index (χ1) is 11.9. The summed E-state index contributed by atoms with van der Waals surface area (Å²) < 4.78 is 28.2. The number of hydrogen-bond acceptors (Lipinski definition) is 3. The second-order valence-corrected chi connectivity index (χ2v) is 7.83. The molecular weight excluding hydrogens is 340 g/mol. The molecule has 0 radical (unpaired) electrons. The minimum Gasteiger partial charge on any atom is -0.330 e. The molecule has 3 rings (SSSR count). The molecule has 2 N–H and O–H groups in total. The molecule has 1 unspecified atom stereocenters. The monoisotopic (exact) mass is 362 g/mol. The number of hydrogen-bond donors (Lipinski definition) is 1. The second kappa shape index (κ2) is 6.86. The van der Waals surface area contributed by atoms with Gasteiger partial charge in [-0.1, -0.05) is 35.4 Å². The van der Waals surface area contributed by atoms with E-state index in [1.807, 2.05) is 32.3 Å². The van der Waals surface area contributed by atoms with Gasteiger partial charge < -0.3 is 5.73 Å². The number of quaternary nitrogens is 1. The number of halogens is 2. The Morgan fingerprint density at radius 3 is 2.52 bits per heavy atom. The molecule has 1 aliphatic rings. The average molecular weight is 362 g/mol. The normalized spacial score (nSPS) is 22.0. The van der Waals surface area contributed by atoms with Crippen LogP contribution in [-0.4, -0.2) is 30.3 Å². The predicted octanol–water partition coefficient (Wildman–Crippen LogP) is 4.04. The van der Waals surface area contributed by atoms with Gasteiger partial charge in [0, 0.05) is 12.0 Å². The van der Waals surface area contributed by atoms with Crippen LogP contribution in [-0.2, 0) is 4.87 Å². The lowest BCUT2D eigenvalue weighted by Crippen LogP contribution is -2.49. The lowest BCUT2D eigenvalue weighted by atomic mass is 9.99. The fraction of sp³-hybridized carbons (Fsp3) is 0.316. The summed E-state index contributed by atoms with van der Waals surface area (Å²) in [6, 6.07) is 13.5. The summed E-state index contributed by atoms with van der Waals surface area (Å²) in [6.45, 7) is 0.568. The third-order valence-corrected chi connectivity index (χ3v) is 6.31. The minimum absolute atomic E-state index is 0.210. The molecule has 0 aromatic heterocycles. The van der Waals surface area contributed by atoms with Crippen molar-refractivity contribution >= 4 is 16.8 Å². The van der Waals surface area contributed by atoms with Crippen LogP contribution < -0.4 is 5.73 Å². The molecule has 0 bridgehead atoms. The minimum atomic E-state index is -0.468. The summed E-state index contributed by atoms with van der Waals surface area (Å²) in [5, 5.41) is 5.26. The van der Waals surface area contributed by atoms with Gasteiger partial charge in [-0.05, 0) is 42.9 Å². The number of rotatable bonds is 5. The quantitative estimate of drug-likeness (QED) is 0.815. The van der Waals surface area contributed by atoms with Crippen molar-refractivity contribution in [2.45, 2.75) is 17.7 Å². The Labute approximate surface area is 151 Å². The van der Waals surface area contributed by atoms with Gasteiger partial charge in [0.2, 0.25) is 4.87 Å². The van der Waals surface area contributed by atoms with E-state index in [9.17, 15) is 8.78 Å². The molecule has 1 aliphatic heterocycles. The smallest absolute Gasteiger partial charge is 0.201 e. The molecule has 132 valence electrons. The van der Waals surface area contributed by atoms with Crippen LogP contribution >= 0.6 is 11.8 Å². The Bertz CT molecular complexity index is 793. The van der Waals surface area contributed by atoms with Gasteiger partial charge in [0.15, 0.2) is 5.04 Å². The molecule has 6 heteroatoms. The van der Waals surface area contributed by atoms with Crippen LogP contribution in [0.1, 0.15) is 24.0 Å². The number of nitrogens with two attached hydrogens (primary N) is 1. The third-order valence-electron chi connectivity index (χ3n) is 4.59. The molecule has 0 saturated carbocycles. The van der Waals surface area contributed by atoms with Crippen LogP contribution in [0.15, 0.2) is 53.6 Å². The SMILES string of the molecule is C[N+]1(C)N=C(c2cc(F)ccc2F)SC1(CCCN)c1ccccc1. The maximum atomic E-state index is 14.3. The highest BCUT2D eigenvalue weighted by atomic mass is 32.2. The first-order valence-electron chi connectivity index (χ1n) is 8.24. The summed E-state index contributed by atoms with van der Waals surface area (Å²) in [4.78, 5) is -0.422.